The fourth-order valence-electron chi connectivity index (χ4n) is 0.855. The molecule has 0 aliphatic heterocycles. The summed E-state index contributed by atoms with van der Waals surface area (Å²) in [5.41, 5.74) is -1.79. The van der Waals surface area contributed by atoms with Crippen molar-refractivity contribution in [3.8, 4) is 0 Å². The molecule has 0 aliphatic carbocycles. The van der Waals surface area contributed by atoms with E-state index < -0.39 is 29.2 Å². The van der Waals surface area contributed by atoms with E-state index in [1.807, 2.05) is 0 Å². The van der Waals surface area contributed by atoms with E-state index >= 15 is 0 Å². The molecule has 0 atom stereocenters. The summed E-state index contributed by atoms with van der Waals surface area (Å²) in [6, 6.07) is 1.34. The lowest BCUT2D eigenvalue weighted by Gasteiger charge is -2.06. The highest BCUT2D eigenvalue weighted by molar-refractivity contribution is 5.93. The molecular weight excluding hydrogens is 202 g/mol. The number of halogens is 4. The maximum atomic E-state index is 12.8. The molecule has 0 unspecified atom stereocenters. The van der Waals surface area contributed by atoms with Gasteiger partial charge in [-0.05, 0) is 19.1 Å². The van der Waals surface area contributed by atoms with Crippen LogP contribution in [0, 0.1) is 5.95 Å². The molecule has 0 fully saturated rings. The zero-order valence-electron chi connectivity index (χ0n) is 7.02. The van der Waals surface area contributed by atoms with Crippen molar-refractivity contribution in [1.29, 1.82) is 0 Å². The standard InChI is InChI=1S/C8H5F4NO/c1-4(14)5-2-3-6(8(10,11)12)13-7(5)9/h2-3H,1H3. The quantitative estimate of drug-likeness (QED) is 0.402. The first-order valence-corrected chi connectivity index (χ1v) is 3.57. The van der Waals surface area contributed by atoms with Crippen LogP contribution in [0.2, 0.25) is 0 Å². The second-order valence-corrected chi connectivity index (χ2v) is 2.59. The van der Waals surface area contributed by atoms with E-state index in [0.717, 1.165) is 13.0 Å². The Bertz CT molecular complexity index is 372. The van der Waals surface area contributed by atoms with E-state index in [0.29, 0.717) is 6.07 Å². The van der Waals surface area contributed by atoms with Gasteiger partial charge in [-0.15, -0.1) is 0 Å². The Morgan fingerprint density at radius 1 is 1.36 bits per heavy atom. The Hall–Kier alpha value is -1.46. The molecule has 0 saturated heterocycles. The minimum atomic E-state index is -4.70. The number of ketones is 1. The van der Waals surface area contributed by atoms with Gasteiger partial charge < -0.3 is 0 Å². The summed E-state index contributed by atoms with van der Waals surface area (Å²) in [6.07, 6.45) is -4.70. The third kappa shape index (κ3) is 2.07. The van der Waals surface area contributed by atoms with Crippen molar-refractivity contribution in [3.63, 3.8) is 0 Å². The Labute approximate surface area is 76.6 Å². The van der Waals surface area contributed by atoms with Gasteiger partial charge in [-0.25, -0.2) is 4.98 Å². The lowest BCUT2D eigenvalue weighted by Crippen LogP contribution is -2.11. The predicted molar refractivity (Wildman–Crippen MR) is 39.2 cm³/mol. The molecule has 14 heavy (non-hydrogen) atoms. The van der Waals surface area contributed by atoms with E-state index in [1.165, 1.54) is 0 Å². The van der Waals surface area contributed by atoms with Crippen LogP contribution < -0.4 is 0 Å². The van der Waals surface area contributed by atoms with Crippen molar-refractivity contribution >= 4 is 5.78 Å². The van der Waals surface area contributed by atoms with Gasteiger partial charge in [0, 0.05) is 0 Å². The highest BCUT2D eigenvalue weighted by Gasteiger charge is 2.33. The summed E-state index contributed by atoms with van der Waals surface area (Å²) in [5.74, 6) is -2.06. The van der Waals surface area contributed by atoms with Crippen molar-refractivity contribution in [2.45, 2.75) is 13.1 Å². The number of Topliss-reactive ketones (excluding diaryl/α,β-unsaturated/α-hetero) is 1. The first-order valence-electron chi connectivity index (χ1n) is 3.57. The highest BCUT2D eigenvalue weighted by atomic mass is 19.4. The monoisotopic (exact) mass is 207 g/mol. The number of hydrogen-bond donors (Lipinski definition) is 0. The lowest BCUT2D eigenvalue weighted by molar-refractivity contribution is -0.141. The molecule has 1 rings (SSSR count). The molecule has 0 spiro atoms. The molecule has 0 N–H and O–H groups in total. The van der Waals surface area contributed by atoms with Gasteiger partial charge in [0.1, 0.15) is 5.69 Å². The summed E-state index contributed by atoms with van der Waals surface area (Å²) in [4.78, 5) is 13.3. The fourth-order valence-corrected chi connectivity index (χ4v) is 0.855. The van der Waals surface area contributed by atoms with Gasteiger partial charge in [0.25, 0.3) is 0 Å². The molecule has 1 heterocycles. The molecular formula is C8H5F4NO. The molecule has 0 aliphatic rings. The van der Waals surface area contributed by atoms with Crippen LogP contribution in [-0.4, -0.2) is 10.8 Å². The Balaban J connectivity index is 3.20. The van der Waals surface area contributed by atoms with Gasteiger partial charge in [-0.2, -0.15) is 17.6 Å². The van der Waals surface area contributed by atoms with Gasteiger partial charge >= 0.3 is 6.18 Å². The molecule has 1 aromatic rings. The van der Waals surface area contributed by atoms with Gasteiger partial charge in [0.15, 0.2) is 5.78 Å². The van der Waals surface area contributed by atoms with Crippen LogP contribution in [0.5, 0.6) is 0 Å². The number of aromatic nitrogens is 1. The minimum absolute atomic E-state index is 0.446. The smallest absolute Gasteiger partial charge is 0.294 e. The van der Waals surface area contributed by atoms with Crippen molar-refractivity contribution in [2.75, 3.05) is 0 Å². The summed E-state index contributed by atoms with van der Waals surface area (Å²) < 4.78 is 48.8. The highest BCUT2D eigenvalue weighted by Crippen LogP contribution is 2.27. The summed E-state index contributed by atoms with van der Waals surface area (Å²) in [6.45, 7) is 1.05. The molecule has 76 valence electrons. The number of carbonyl (C=O) groups excluding carboxylic acids is 1. The van der Waals surface area contributed by atoms with Crippen molar-refractivity contribution < 1.29 is 22.4 Å². The number of rotatable bonds is 1. The van der Waals surface area contributed by atoms with E-state index in [2.05, 4.69) is 4.98 Å². The van der Waals surface area contributed by atoms with Crippen molar-refractivity contribution in [1.82, 2.24) is 4.98 Å². The average molecular weight is 207 g/mol. The summed E-state index contributed by atoms with van der Waals surface area (Å²) in [7, 11) is 0. The van der Waals surface area contributed by atoms with Gasteiger partial charge in [0.05, 0.1) is 5.56 Å². The van der Waals surface area contributed by atoms with Crippen LogP contribution in [0.4, 0.5) is 17.6 Å². The second-order valence-electron chi connectivity index (χ2n) is 2.59. The second kappa shape index (κ2) is 3.36. The average Bonchev–Trinajstić information content (AvgIpc) is 2.01. The lowest BCUT2D eigenvalue weighted by atomic mass is 10.2. The topological polar surface area (TPSA) is 30.0 Å². The number of hydrogen-bond acceptors (Lipinski definition) is 2. The molecule has 6 heteroatoms. The van der Waals surface area contributed by atoms with Gasteiger partial charge in [-0.3, -0.25) is 4.79 Å². The first-order chi connectivity index (χ1) is 6.32. The van der Waals surface area contributed by atoms with Gasteiger partial charge in [0.2, 0.25) is 5.95 Å². The van der Waals surface area contributed by atoms with Crippen LogP contribution in [0.15, 0.2) is 12.1 Å². The van der Waals surface area contributed by atoms with Crippen LogP contribution in [0.25, 0.3) is 0 Å². The molecule has 0 amide bonds. The first kappa shape index (κ1) is 10.6. The zero-order chi connectivity index (χ0) is 10.9. The Morgan fingerprint density at radius 3 is 2.29 bits per heavy atom. The van der Waals surface area contributed by atoms with E-state index in [4.69, 9.17) is 0 Å². The molecule has 0 bridgehead atoms. The molecule has 0 aromatic carbocycles. The van der Waals surface area contributed by atoms with Crippen LogP contribution in [-0.2, 0) is 6.18 Å². The molecule has 0 saturated carbocycles. The molecule has 1 aromatic heterocycles. The van der Waals surface area contributed by atoms with Gasteiger partial charge in [-0.1, -0.05) is 0 Å². The third-order valence-electron chi connectivity index (χ3n) is 1.52. The molecule has 2 nitrogen and oxygen atoms in total. The maximum absolute atomic E-state index is 12.8. The number of pyridine rings is 1. The Kier molecular flexibility index (Phi) is 2.55. The van der Waals surface area contributed by atoms with E-state index in [9.17, 15) is 22.4 Å². The van der Waals surface area contributed by atoms with Crippen molar-refractivity contribution in [2.24, 2.45) is 0 Å². The Morgan fingerprint density at radius 2 is 1.93 bits per heavy atom. The maximum Gasteiger partial charge on any atom is 0.433 e. The largest absolute Gasteiger partial charge is 0.433 e. The van der Waals surface area contributed by atoms with E-state index in [-0.39, 0.29) is 0 Å². The van der Waals surface area contributed by atoms with Crippen molar-refractivity contribution in [3.05, 3.63) is 29.3 Å². The van der Waals surface area contributed by atoms with Crippen LogP contribution in [0.3, 0.4) is 0 Å². The third-order valence-corrected chi connectivity index (χ3v) is 1.52. The normalized spacial score (nSPS) is 11.5. The van der Waals surface area contributed by atoms with E-state index in [1.54, 1.807) is 0 Å². The fraction of sp³-hybridized carbons (Fsp3) is 0.250. The minimum Gasteiger partial charge on any atom is -0.294 e. The zero-order valence-corrected chi connectivity index (χ0v) is 7.02. The van der Waals surface area contributed by atoms with Crippen LogP contribution >= 0.6 is 0 Å². The van der Waals surface area contributed by atoms with Crippen LogP contribution in [0.1, 0.15) is 23.0 Å². The SMILES string of the molecule is CC(=O)c1ccc(C(F)(F)F)nc1F. The molecule has 0 radical (unpaired) electrons. The number of carbonyl (C=O) groups is 1. The summed E-state index contributed by atoms with van der Waals surface area (Å²) >= 11 is 0. The number of alkyl halides is 3. The number of nitrogens with zero attached hydrogens (tertiary/aromatic N) is 1. The predicted octanol–water partition coefficient (Wildman–Crippen LogP) is 2.44. The summed E-state index contributed by atoms with van der Waals surface area (Å²) in [5, 5.41) is 0.